The summed E-state index contributed by atoms with van der Waals surface area (Å²) in [6.45, 7) is 2.15. The summed E-state index contributed by atoms with van der Waals surface area (Å²) >= 11 is 0. The number of aliphatic carboxylic acids is 1. The van der Waals surface area contributed by atoms with Gasteiger partial charge >= 0.3 is 5.97 Å². The Kier molecular flexibility index (Phi) is 16.7. The van der Waals surface area contributed by atoms with Crippen LogP contribution in [0, 0.1) is 0 Å². The van der Waals surface area contributed by atoms with Gasteiger partial charge in [-0.1, -0.05) is 62.6 Å². The third-order valence-corrected chi connectivity index (χ3v) is 3.54. The van der Waals surface area contributed by atoms with Crippen molar-refractivity contribution in [2.45, 2.75) is 84.0 Å². The molecule has 0 atom stereocenters. The Labute approximate surface area is 137 Å². The molecule has 0 radical (unpaired) electrons. The van der Waals surface area contributed by atoms with Crippen molar-refractivity contribution in [3.63, 3.8) is 0 Å². The van der Waals surface area contributed by atoms with Crippen molar-refractivity contribution in [2.75, 3.05) is 0 Å². The second-order valence-electron chi connectivity index (χ2n) is 5.72. The fraction of sp³-hybridized carbons (Fsp3) is 0.650. The topological polar surface area (TPSA) is 37.3 Å². The van der Waals surface area contributed by atoms with Gasteiger partial charge in [0.2, 0.25) is 0 Å². The summed E-state index contributed by atoms with van der Waals surface area (Å²) in [4.78, 5) is 10.3. The summed E-state index contributed by atoms with van der Waals surface area (Å²) in [5.74, 6) is -0.673. The molecule has 0 aliphatic rings. The zero-order valence-electron chi connectivity index (χ0n) is 14.3. The second kappa shape index (κ2) is 17.7. The van der Waals surface area contributed by atoms with Crippen molar-refractivity contribution in [1.29, 1.82) is 0 Å². The smallest absolute Gasteiger partial charge is 0.303 e. The number of carbonyl (C=O) groups is 1. The highest BCUT2D eigenvalue weighted by Gasteiger charge is 1.95. The Balaban J connectivity index is 3.19. The first-order chi connectivity index (χ1) is 10.8. The van der Waals surface area contributed by atoms with Crippen LogP contribution in [0.3, 0.4) is 0 Å². The largest absolute Gasteiger partial charge is 0.481 e. The molecule has 0 heterocycles. The molecule has 0 saturated heterocycles. The maximum absolute atomic E-state index is 10.3. The van der Waals surface area contributed by atoms with Crippen molar-refractivity contribution in [3.05, 3.63) is 36.5 Å². The molecule has 0 saturated carbocycles. The predicted molar refractivity (Wildman–Crippen MR) is 96.1 cm³/mol. The second-order valence-corrected chi connectivity index (χ2v) is 5.72. The van der Waals surface area contributed by atoms with Crippen LogP contribution < -0.4 is 0 Å². The molecule has 0 unspecified atom stereocenters. The van der Waals surface area contributed by atoms with Gasteiger partial charge in [0.25, 0.3) is 0 Å². The van der Waals surface area contributed by atoms with E-state index in [1.807, 2.05) is 0 Å². The molecule has 0 aromatic heterocycles. The Morgan fingerprint density at radius 2 is 1.23 bits per heavy atom. The van der Waals surface area contributed by atoms with Gasteiger partial charge in [0, 0.05) is 6.42 Å². The number of carboxylic acids is 1. The molecule has 22 heavy (non-hydrogen) atoms. The van der Waals surface area contributed by atoms with E-state index < -0.39 is 5.97 Å². The maximum atomic E-state index is 10.3. The molecule has 0 aromatic rings. The lowest BCUT2D eigenvalue weighted by Gasteiger charge is -1.97. The monoisotopic (exact) mass is 306 g/mol. The summed E-state index contributed by atoms with van der Waals surface area (Å²) < 4.78 is 0. The molecule has 0 aliphatic carbocycles. The van der Waals surface area contributed by atoms with E-state index in [-0.39, 0.29) is 0 Å². The van der Waals surface area contributed by atoms with Gasteiger partial charge in [-0.15, -0.1) is 0 Å². The molecule has 0 aromatic carbocycles. The lowest BCUT2D eigenvalue weighted by atomic mass is 10.1. The van der Waals surface area contributed by atoms with Crippen LogP contribution >= 0.6 is 0 Å². The Morgan fingerprint density at radius 3 is 1.82 bits per heavy atom. The summed E-state index contributed by atoms with van der Waals surface area (Å²) in [5.41, 5.74) is 0. The van der Waals surface area contributed by atoms with Gasteiger partial charge in [-0.2, -0.15) is 0 Å². The molecule has 0 fully saturated rings. The highest BCUT2D eigenvalue weighted by Crippen LogP contribution is 2.08. The van der Waals surface area contributed by atoms with E-state index in [4.69, 9.17) is 5.11 Å². The molecule has 0 spiro atoms. The minimum atomic E-state index is -0.673. The fourth-order valence-corrected chi connectivity index (χ4v) is 2.22. The average Bonchev–Trinajstić information content (AvgIpc) is 2.50. The number of carboxylic acid groups (broad SMARTS) is 1. The molecule has 0 bridgehead atoms. The van der Waals surface area contributed by atoms with Crippen molar-refractivity contribution in [2.24, 2.45) is 0 Å². The summed E-state index contributed by atoms with van der Waals surface area (Å²) in [5, 5.41) is 8.52. The molecule has 0 aliphatic heterocycles. The lowest BCUT2D eigenvalue weighted by molar-refractivity contribution is -0.137. The van der Waals surface area contributed by atoms with Crippen molar-refractivity contribution >= 4 is 5.97 Å². The first-order valence-electron chi connectivity index (χ1n) is 8.95. The SMILES string of the molecule is CCC=CC=CCCCCCC=CCCCCCCC(=O)O. The molecule has 2 nitrogen and oxygen atoms in total. The number of allylic oxidation sites excluding steroid dienone is 6. The predicted octanol–water partition coefficient (Wildman–Crippen LogP) is 6.44. The Bertz CT molecular complexity index is 327. The van der Waals surface area contributed by atoms with E-state index in [2.05, 4.69) is 43.4 Å². The van der Waals surface area contributed by atoms with Crippen LogP contribution in [0.4, 0.5) is 0 Å². The van der Waals surface area contributed by atoms with Gasteiger partial charge in [-0.25, -0.2) is 0 Å². The van der Waals surface area contributed by atoms with Crippen LogP contribution in [-0.2, 0) is 4.79 Å². The molecule has 126 valence electrons. The first-order valence-corrected chi connectivity index (χ1v) is 8.95. The third kappa shape index (κ3) is 18.7. The van der Waals surface area contributed by atoms with E-state index in [0.29, 0.717) is 6.42 Å². The minimum Gasteiger partial charge on any atom is -0.481 e. The Hall–Kier alpha value is -1.31. The van der Waals surface area contributed by atoms with E-state index in [9.17, 15) is 4.79 Å². The summed E-state index contributed by atoms with van der Waals surface area (Å²) in [6.07, 6.45) is 26.3. The van der Waals surface area contributed by atoms with Crippen LogP contribution in [0.5, 0.6) is 0 Å². The number of rotatable bonds is 15. The minimum absolute atomic E-state index is 0.319. The first kappa shape index (κ1) is 20.7. The fourth-order valence-electron chi connectivity index (χ4n) is 2.22. The molecule has 0 rings (SSSR count). The summed E-state index contributed by atoms with van der Waals surface area (Å²) in [6, 6.07) is 0. The van der Waals surface area contributed by atoms with E-state index >= 15 is 0 Å². The van der Waals surface area contributed by atoms with Crippen LogP contribution in [0.2, 0.25) is 0 Å². The van der Waals surface area contributed by atoms with Crippen molar-refractivity contribution < 1.29 is 9.90 Å². The van der Waals surface area contributed by atoms with Gasteiger partial charge < -0.3 is 5.11 Å². The highest BCUT2D eigenvalue weighted by molar-refractivity contribution is 5.66. The van der Waals surface area contributed by atoms with Crippen molar-refractivity contribution in [3.8, 4) is 0 Å². The lowest BCUT2D eigenvalue weighted by Crippen LogP contribution is -1.93. The number of hydrogen-bond donors (Lipinski definition) is 1. The van der Waals surface area contributed by atoms with E-state index in [1.54, 1.807) is 0 Å². The molecular formula is C20H34O2. The zero-order chi connectivity index (χ0) is 16.3. The Morgan fingerprint density at radius 1 is 0.727 bits per heavy atom. The quantitative estimate of drug-likeness (QED) is 0.215. The maximum Gasteiger partial charge on any atom is 0.303 e. The van der Waals surface area contributed by atoms with Gasteiger partial charge in [0.05, 0.1) is 0 Å². The standard InChI is InChI=1S/C20H34O2/c1-2-3-4-5-6-7-8-9-10-11-12-13-14-15-16-17-18-19-20(21)22/h3-6,12-13H,2,7-11,14-19H2,1H3,(H,21,22). The van der Waals surface area contributed by atoms with Gasteiger partial charge in [0.15, 0.2) is 0 Å². The summed E-state index contributed by atoms with van der Waals surface area (Å²) in [7, 11) is 0. The van der Waals surface area contributed by atoms with Crippen molar-refractivity contribution in [1.82, 2.24) is 0 Å². The van der Waals surface area contributed by atoms with Crippen LogP contribution in [0.25, 0.3) is 0 Å². The average molecular weight is 306 g/mol. The highest BCUT2D eigenvalue weighted by atomic mass is 16.4. The zero-order valence-corrected chi connectivity index (χ0v) is 14.3. The van der Waals surface area contributed by atoms with Crippen LogP contribution in [0.15, 0.2) is 36.5 Å². The molecule has 2 heteroatoms. The van der Waals surface area contributed by atoms with Crippen LogP contribution in [0.1, 0.15) is 84.0 Å². The van der Waals surface area contributed by atoms with Gasteiger partial charge in [-0.3, -0.25) is 4.79 Å². The number of unbranched alkanes of at least 4 members (excludes halogenated alkanes) is 8. The van der Waals surface area contributed by atoms with Gasteiger partial charge in [-0.05, 0) is 51.4 Å². The molecular weight excluding hydrogens is 272 g/mol. The van der Waals surface area contributed by atoms with E-state index in [1.165, 1.54) is 38.5 Å². The third-order valence-electron chi connectivity index (χ3n) is 3.54. The molecule has 0 amide bonds. The number of hydrogen-bond acceptors (Lipinski definition) is 1. The van der Waals surface area contributed by atoms with Gasteiger partial charge in [0.1, 0.15) is 0 Å². The van der Waals surface area contributed by atoms with Crippen LogP contribution in [-0.4, -0.2) is 11.1 Å². The normalized spacial score (nSPS) is 12.0. The van der Waals surface area contributed by atoms with E-state index in [0.717, 1.165) is 32.1 Å². The molecule has 1 N–H and O–H groups in total.